The summed E-state index contributed by atoms with van der Waals surface area (Å²) in [7, 11) is 0. The topological polar surface area (TPSA) is 132 Å². The lowest BCUT2D eigenvalue weighted by Crippen LogP contribution is -2.36. The fraction of sp³-hybridized carbons (Fsp3) is 0.286. The Kier molecular flexibility index (Phi) is 11.9. The highest BCUT2D eigenvalue weighted by molar-refractivity contribution is 8.00. The van der Waals surface area contributed by atoms with Crippen LogP contribution in [0.2, 0.25) is 0 Å². The number of aliphatic hydroxyl groups excluding tert-OH is 2. The molecule has 7 rings (SSSR count). The molecule has 4 atom stereocenters. The normalized spacial score (nSPS) is 18.7. The van der Waals surface area contributed by atoms with E-state index in [0.717, 1.165) is 31.4 Å². The van der Waals surface area contributed by atoms with Crippen molar-refractivity contribution in [2.24, 2.45) is 0 Å². The van der Waals surface area contributed by atoms with Gasteiger partial charge in [0, 0.05) is 12.2 Å². The van der Waals surface area contributed by atoms with Crippen LogP contribution in [0.15, 0.2) is 134 Å². The molecule has 0 spiro atoms. The summed E-state index contributed by atoms with van der Waals surface area (Å²) < 4.78 is 13.5. The molecule has 1 amide bonds. The Balaban J connectivity index is 0.937. The molecule has 3 heterocycles. The highest BCUT2D eigenvalue weighted by Crippen LogP contribution is 2.48. The van der Waals surface area contributed by atoms with Crippen molar-refractivity contribution >= 4 is 34.7 Å². The number of carbonyl (C=O) groups is 1. The maximum Gasteiger partial charge on any atom is 0.256 e. The zero-order chi connectivity index (χ0) is 36.5. The van der Waals surface area contributed by atoms with Gasteiger partial charge in [0.1, 0.15) is 24.6 Å². The molecule has 0 aliphatic carbocycles. The van der Waals surface area contributed by atoms with E-state index >= 15 is 0 Å². The molecule has 1 aliphatic rings. The van der Waals surface area contributed by atoms with Gasteiger partial charge in [0.2, 0.25) is 0 Å². The summed E-state index contributed by atoms with van der Waals surface area (Å²) >= 11 is 1.97. The van der Waals surface area contributed by atoms with Gasteiger partial charge in [-0.3, -0.25) is 9.36 Å². The Labute approximate surface area is 313 Å². The van der Waals surface area contributed by atoms with Gasteiger partial charge in [-0.25, -0.2) is 15.0 Å². The minimum Gasteiger partial charge on any atom is -0.394 e. The van der Waals surface area contributed by atoms with Crippen LogP contribution in [0.3, 0.4) is 0 Å². The van der Waals surface area contributed by atoms with Crippen molar-refractivity contribution < 1.29 is 24.5 Å². The highest BCUT2D eigenvalue weighted by atomic mass is 32.2. The molecule has 53 heavy (non-hydrogen) atoms. The average Bonchev–Trinajstić information content (AvgIpc) is 3.79. The Hall–Kier alpha value is -4.91. The largest absolute Gasteiger partial charge is 0.394 e. The fourth-order valence-electron chi connectivity index (χ4n) is 6.97. The van der Waals surface area contributed by atoms with E-state index in [0.29, 0.717) is 23.3 Å². The number of hydrogen-bond acceptors (Lipinski definition) is 9. The Bertz CT molecular complexity index is 1960. The van der Waals surface area contributed by atoms with Crippen LogP contribution in [0.4, 0.5) is 5.82 Å². The number of thioether (sulfide) groups is 1. The quantitative estimate of drug-likeness (QED) is 0.0712. The number of anilines is 1. The van der Waals surface area contributed by atoms with Gasteiger partial charge in [-0.2, -0.15) is 0 Å². The number of aromatic nitrogens is 4. The van der Waals surface area contributed by atoms with E-state index < -0.39 is 24.5 Å². The minimum atomic E-state index is -1.08. The maximum absolute atomic E-state index is 12.8. The molecule has 10 nitrogen and oxygen atoms in total. The molecule has 1 saturated heterocycles. The summed E-state index contributed by atoms with van der Waals surface area (Å²) in [4.78, 5) is 25.8. The maximum atomic E-state index is 12.8. The molecule has 0 radical (unpaired) electrons. The third kappa shape index (κ3) is 7.90. The van der Waals surface area contributed by atoms with Crippen molar-refractivity contribution in [2.75, 3.05) is 24.3 Å². The Morgan fingerprint density at radius 3 is 1.98 bits per heavy atom. The number of fused-ring (bicyclic) bond motifs is 1. The van der Waals surface area contributed by atoms with Gasteiger partial charge in [-0.05, 0) is 47.4 Å². The SMILES string of the molecule is O=C(Nc1ncnc2c1ncn2[C@@H]1O[C@H](CO)C(OCCCCCCSC(c2ccccc2)(c2ccccc2)c2ccccc2)C1O)c1ccccc1. The number of benzene rings is 4. The summed E-state index contributed by atoms with van der Waals surface area (Å²) in [6.45, 7) is 0.105. The lowest BCUT2D eigenvalue weighted by molar-refractivity contribution is -0.0609. The van der Waals surface area contributed by atoms with Crippen LogP contribution in [0, 0.1) is 0 Å². The molecular weight excluding hydrogens is 687 g/mol. The summed E-state index contributed by atoms with van der Waals surface area (Å²) in [6.07, 6.45) is 3.21. The van der Waals surface area contributed by atoms with E-state index in [1.54, 1.807) is 28.8 Å². The second-order valence-corrected chi connectivity index (χ2v) is 14.3. The van der Waals surface area contributed by atoms with Crippen molar-refractivity contribution in [3.05, 3.63) is 156 Å². The van der Waals surface area contributed by atoms with Crippen molar-refractivity contribution in [3.63, 3.8) is 0 Å². The van der Waals surface area contributed by atoms with Crippen molar-refractivity contribution in [1.82, 2.24) is 19.5 Å². The summed E-state index contributed by atoms with van der Waals surface area (Å²) in [5.41, 5.74) is 4.99. The van der Waals surface area contributed by atoms with Crippen molar-refractivity contribution in [3.8, 4) is 0 Å². The molecule has 272 valence electrons. The second-order valence-electron chi connectivity index (χ2n) is 13.0. The van der Waals surface area contributed by atoms with Gasteiger partial charge in [0.15, 0.2) is 23.2 Å². The first-order chi connectivity index (χ1) is 26.1. The minimum absolute atomic E-state index is 0.242. The molecule has 2 aromatic heterocycles. The van der Waals surface area contributed by atoms with Crippen LogP contribution >= 0.6 is 11.8 Å². The Morgan fingerprint density at radius 1 is 0.792 bits per heavy atom. The average molecular weight is 730 g/mol. The van der Waals surface area contributed by atoms with Crippen LogP contribution in [0.1, 0.15) is 59.0 Å². The number of rotatable bonds is 16. The standard InChI is InChI=1S/C42H43N5O5S/c48-27-34-37(36(49)41(52-34)47-29-45-35-38(43-28-44-39(35)47)46-40(50)30-17-7-3-8-18-30)51-25-15-1-2-16-26-53-42(31-19-9-4-10-20-31,32-21-11-5-12-22-32)33-23-13-6-14-24-33/h3-14,17-24,28-29,34,36-37,41,48-49H,1-2,15-16,25-27H2,(H,43,44,46,50)/t34-,36?,37?,41-/m1/s1. The summed E-state index contributed by atoms with van der Waals surface area (Å²) in [5, 5.41) is 24.3. The number of hydrogen-bond donors (Lipinski definition) is 3. The summed E-state index contributed by atoms with van der Waals surface area (Å²) in [5.74, 6) is 0.888. The van der Waals surface area contributed by atoms with Crippen LogP contribution in [-0.2, 0) is 14.2 Å². The molecule has 1 fully saturated rings. The molecule has 3 N–H and O–H groups in total. The Morgan fingerprint density at radius 2 is 1.38 bits per heavy atom. The number of aliphatic hydroxyl groups is 2. The zero-order valence-electron chi connectivity index (χ0n) is 29.3. The lowest BCUT2D eigenvalue weighted by atomic mass is 9.84. The highest BCUT2D eigenvalue weighted by Gasteiger charge is 2.46. The molecule has 11 heteroatoms. The number of ether oxygens (including phenoxy) is 2. The monoisotopic (exact) mass is 729 g/mol. The first-order valence-corrected chi connectivity index (χ1v) is 19.0. The van der Waals surface area contributed by atoms with E-state index in [2.05, 4.69) is 111 Å². The number of nitrogens with one attached hydrogen (secondary N) is 1. The molecule has 4 aromatic carbocycles. The van der Waals surface area contributed by atoms with Crippen molar-refractivity contribution in [1.29, 1.82) is 0 Å². The second kappa shape index (κ2) is 17.3. The van der Waals surface area contributed by atoms with Crippen LogP contribution in [0.5, 0.6) is 0 Å². The van der Waals surface area contributed by atoms with Gasteiger partial charge in [-0.15, -0.1) is 11.8 Å². The van der Waals surface area contributed by atoms with Gasteiger partial charge >= 0.3 is 0 Å². The summed E-state index contributed by atoms with van der Waals surface area (Å²) in [6, 6.07) is 41.0. The van der Waals surface area contributed by atoms with Crippen LogP contribution in [0.25, 0.3) is 11.2 Å². The number of imidazole rings is 1. The fourth-order valence-corrected chi connectivity index (χ4v) is 8.53. The third-order valence-corrected chi connectivity index (χ3v) is 11.2. The van der Waals surface area contributed by atoms with Gasteiger partial charge in [0.25, 0.3) is 5.91 Å². The molecule has 0 saturated carbocycles. The van der Waals surface area contributed by atoms with Gasteiger partial charge in [0.05, 0.1) is 17.7 Å². The molecule has 1 aliphatic heterocycles. The first kappa shape index (κ1) is 36.4. The molecule has 6 aromatic rings. The van der Waals surface area contributed by atoms with E-state index in [4.69, 9.17) is 9.47 Å². The lowest BCUT2D eigenvalue weighted by Gasteiger charge is -2.35. The first-order valence-electron chi connectivity index (χ1n) is 18.0. The van der Waals surface area contributed by atoms with Gasteiger partial charge in [-0.1, -0.05) is 122 Å². The molecular formula is C42H43N5O5S. The smallest absolute Gasteiger partial charge is 0.256 e. The molecule has 0 bridgehead atoms. The van der Waals surface area contributed by atoms with E-state index in [9.17, 15) is 15.0 Å². The molecule has 2 unspecified atom stereocenters. The van der Waals surface area contributed by atoms with E-state index in [-0.39, 0.29) is 23.1 Å². The van der Waals surface area contributed by atoms with Crippen molar-refractivity contribution in [2.45, 2.75) is 55.0 Å². The van der Waals surface area contributed by atoms with Crippen LogP contribution < -0.4 is 5.32 Å². The zero-order valence-corrected chi connectivity index (χ0v) is 30.1. The number of nitrogens with zero attached hydrogens (tertiary/aromatic N) is 4. The predicted molar refractivity (Wildman–Crippen MR) is 207 cm³/mol. The number of amides is 1. The number of carbonyl (C=O) groups excluding carboxylic acids is 1. The van der Waals surface area contributed by atoms with Gasteiger partial charge < -0.3 is 25.0 Å². The van der Waals surface area contributed by atoms with E-state index in [1.807, 2.05) is 17.8 Å². The third-order valence-electron chi connectivity index (χ3n) is 9.60. The van der Waals surface area contributed by atoms with E-state index in [1.165, 1.54) is 29.3 Å². The number of unbranched alkanes of at least 4 members (excludes halogenated alkanes) is 3. The van der Waals surface area contributed by atoms with Crippen LogP contribution in [-0.4, -0.2) is 72.9 Å². The predicted octanol–water partition coefficient (Wildman–Crippen LogP) is 7.00.